The highest BCUT2D eigenvalue weighted by Crippen LogP contribution is 2.09. The first kappa shape index (κ1) is 11.4. The van der Waals surface area contributed by atoms with Crippen molar-refractivity contribution < 1.29 is 4.79 Å². The molecule has 0 rings (SSSR count). The van der Waals surface area contributed by atoms with Gasteiger partial charge in [0.15, 0.2) is 0 Å². The van der Waals surface area contributed by atoms with Gasteiger partial charge in [-0.05, 0) is 32.1 Å². The van der Waals surface area contributed by atoms with Crippen LogP contribution in [0.2, 0.25) is 0 Å². The average Bonchev–Trinajstić information content (AvgIpc) is 2.00. The zero-order chi connectivity index (χ0) is 9.40. The third-order valence-electron chi connectivity index (χ3n) is 1.89. The third kappa shape index (κ3) is 7.52. The van der Waals surface area contributed by atoms with Gasteiger partial charge in [0.2, 0.25) is 0 Å². The van der Waals surface area contributed by atoms with Crippen LogP contribution in [0.3, 0.4) is 0 Å². The Hall–Kier alpha value is -0.590. The van der Waals surface area contributed by atoms with E-state index in [9.17, 15) is 4.79 Å². The monoisotopic (exact) mass is 168 g/mol. The van der Waals surface area contributed by atoms with Crippen molar-refractivity contribution in [2.45, 2.75) is 46.5 Å². The Labute approximate surface area is 75.9 Å². The van der Waals surface area contributed by atoms with Gasteiger partial charge in [0, 0.05) is 6.42 Å². The van der Waals surface area contributed by atoms with E-state index in [1.54, 1.807) is 0 Å². The molecule has 0 N–H and O–H groups in total. The largest absolute Gasteiger partial charge is 0.303 e. The van der Waals surface area contributed by atoms with Crippen molar-refractivity contribution in [1.82, 2.24) is 0 Å². The molecule has 0 heterocycles. The maximum Gasteiger partial charge on any atom is 0.120 e. The van der Waals surface area contributed by atoms with Gasteiger partial charge in [0.25, 0.3) is 0 Å². The summed E-state index contributed by atoms with van der Waals surface area (Å²) in [7, 11) is 0. The number of carbonyl (C=O) groups is 1. The van der Waals surface area contributed by atoms with Gasteiger partial charge in [-0.25, -0.2) is 0 Å². The van der Waals surface area contributed by atoms with Crippen molar-refractivity contribution in [2.24, 2.45) is 5.92 Å². The van der Waals surface area contributed by atoms with Gasteiger partial charge in [-0.1, -0.05) is 25.5 Å². The lowest BCUT2D eigenvalue weighted by Gasteiger charge is -2.01. The van der Waals surface area contributed by atoms with E-state index in [1.165, 1.54) is 12.0 Å². The molecule has 0 aromatic carbocycles. The molecular weight excluding hydrogens is 148 g/mol. The summed E-state index contributed by atoms with van der Waals surface area (Å²) in [6.07, 6.45) is 7.25. The summed E-state index contributed by atoms with van der Waals surface area (Å²) in [6.45, 7) is 6.56. The van der Waals surface area contributed by atoms with Crippen LogP contribution in [0.25, 0.3) is 0 Å². The zero-order valence-electron chi connectivity index (χ0n) is 8.47. The molecule has 0 aromatic rings. The van der Waals surface area contributed by atoms with Crippen LogP contribution < -0.4 is 0 Å². The normalized spacial score (nSPS) is 12.2. The van der Waals surface area contributed by atoms with Crippen LogP contribution in [0.15, 0.2) is 11.6 Å². The molecule has 12 heavy (non-hydrogen) atoms. The standard InChI is InChI=1S/C11H20O/c1-10(2)6-4-7-11(3)8-5-9-12/h7,9-10H,4-6,8H2,1-3H3. The second-order valence-corrected chi connectivity index (χ2v) is 3.73. The minimum Gasteiger partial charge on any atom is -0.303 e. The smallest absolute Gasteiger partial charge is 0.120 e. The van der Waals surface area contributed by atoms with Crippen LogP contribution in [0.4, 0.5) is 0 Å². The molecule has 70 valence electrons. The molecule has 0 aliphatic rings. The fourth-order valence-corrected chi connectivity index (χ4v) is 1.05. The maximum absolute atomic E-state index is 10.1. The first-order valence-electron chi connectivity index (χ1n) is 4.76. The predicted octanol–water partition coefficient (Wildman–Crippen LogP) is 3.35. The Kier molecular flexibility index (Phi) is 6.73. The van der Waals surface area contributed by atoms with Crippen molar-refractivity contribution in [1.29, 1.82) is 0 Å². The number of rotatable bonds is 6. The van der Waals surface area contributed by atoms with Crippen LogP contribution in [0.1, 0.15) is 46.5 Å². The summed E-state index contributed by atoms with van der Waals surface area (Å²) >= 11 is 0. The number of hydrogen-bond acceptors (Lipinski definition) is 1. The fraction of sp³-hybridized carbons (Fsp3) is 0.727. The quantitative estimate of drug-likeness (QED) is 0.439. The summed E-state index contributed by atoms with van der Waals surface area (Å²) in [5, 5.41) is 0. The van der Waals surface area contributed by atoms with Crippen LogP contribution in [-0.2, 0) is 4.79 Å². The first-order chi connectivity index (χ1) is 5.66. The minimum absolute atomic E-state index is 0.671. The summed E-state index contributed by atoms with van der Waals surface area (Å²) in [5.41, 5.74) is 1.35. The Bertz CT molecular complexity index is 145. The molecule has 1 nitrogen and oxygen atoms in total. The van der Waals surface area contributed by atoms with Crippen molar-refractivity contribution in [3.8, 4) is 0 Å². The zero-order valence-corrected chi connectivity index (χ0v) is 8.47. The lowest BCUT2D eigenvalue weighted by atomic mass is 10.1. The van der Waals surface area contributed by atoms with Crippen LogP contribution in [0.5, 0.6) is 0 Å². The number of allylic oxidation sites excluding steroid dienone is 2. The molecule has 0 bridgehead atoms. The van der Waals surface area contributed by atoms with Crippen molar-refractivity contribution >= 4 is 6.29 Å². The molecule has 0 radical (unpaired) electrons. The van der Waals surface area contributed by atoms with Crippen LogP contribution >= 0.6 is 0 Å². The molecule has 0 unspecified atom stereocenters. The third-order valence-corrected chi connectivity index (χ3v) is 1.89. The molecule has 0 fully saturated rings. The highest BCUT2D eigenvalue weighted by molar-refractivity contribution is 5.49. The Morgan fingerprint density at radius 2 is 2.00 bits per heavy atom. The molecule has 0 amide bonds. The molecular formula is C11H20O. The molecule has 0 aliphatic carbocycles. The van der Waals surface area contributed by atoms with Crippen LogP contribution in [-0.4, -0.2) is 6.29 Å². The topological polar surface area (TPSA) is 17.1 Å². The van der Waals surface area contributed by atoms with Crippen LogP contribution in [0, 0.1) is 5.92 Å². The van der Waals surface area contributed by atoms with Gasteiger partial charge < -0.3 is 4.79 Å². The van der Waals surface area contributed by atoms with E-state index < -0.39 is 0 Å². The second kappa shape index (κ2) is 7.08. The van der Waals surface area contributed by atoms with Gasteiger partial charge in [0.05, 0.1) is 0 Å². The number of aldehydes is 1. The highest BCUT2D eigenvalue weighted by atomic mass is 16.1. The summed E-state index contributed by atoms with van der Waals surface area (Å²) in [6, 6.07) is 0. The van der Waals surface area contributed by atoms with E-state index >= 15 is 0 Å². The summed E-state index contributed by atoms with van der Waals surface area (Å²) < 4.78 is 0. The molecule has 0 aromatic heterocycles. The molecule has 0 aliphatic heterocycles. The Morgan fingerprint density at radius 3 is 2.50 bits per heavy atom. The highest BCUT2D eigenvalue weighted by Gasteiger charge is 1.92. The van der Waals surface area contributed by atoms with E-state index in [0.29, 0.717) is 6.42 Å². The van der Waals surface area contributed by atoms with Gasteiger partial charge >= 0.3 is 0 Å². The van der Waals surface area contributed by atoms with Crippen molar-refractivity contribution in [2.75, 3.05) is 0 Å². The molecule has 0 saturated carbocycles. The first-order valence-corrected chi connectivity index (χ1v) is 4.76. The van der Waals surface area contributed by atoms with E-state index in [0.717, 1.165) is 25.0 Å². The van der Waals surface area contributed by atoms with Gasteiger partial charge in [0.1, 0.15) is 6.29 Å². The minimum atomic E-state index is 0.671. The van der Waals surface area contributed by atoms with E-state index in [-0.39, 0.29) is 0 Å². The average molecular weight is 168 g/mol. The SMILES string of the molecule is CC(=CCCC(C)C)CCC=O. The van der Waals surface area contributed by atoms with E-state index in [4.69, 9.17) is 0 Å². The van der Waals surface area contributed by atoms with E-state index in [2.05, 4.69) is 26.8 Å². The lowest BCUT2D eigenvalue weighted by Crippen LogP contribution is -1.85. The van der Waals surface area contributed by atoms with Gasteiger partial charge in [-0.2, -0.15) is 0 Å². The van der Waals surface area contributed by atoms with Gasteiger partial charge in [-0.3, -0.25) is 0 Å². The summed E-state index contributed by atoms with van der Waals surface area (Å²) in [5.74, 6) is 0.778. The van der Waals surface area contributed by atoms with Crippen molar-refractivity contribution in [3.05, 3.63) is 11.6 Å². The molecule has 0 saturated heterocycles. The number of carbonyl (C=O) groups excluding carboxylic acids is 1. The molecule has 0 atom stereocenters. The van der Waals surface area contributed by atoms with E-state index in [1.807, 2.05) is 0 Å². The fourth-order valence-electron chi connectivity index (χ4n) is 1.05. The Balaban J connectivity index is 3.47. The Morgan fingerprint density at radius 1 is 1.33 bits per heavy atom. The lowest BCUT2D eigenvalue weighted by molar-refractivity contribution is -0.107. The van der Waals surface area contributed by atoms with Crippen molar-refractivity contribution in [3.63, 3.8) is 0 Å². The second-order valence-electron chi connectivity index (χ2n) is 3.73. The predicted molar refractivity (Wildman–Crippen MR) is 53.1 cm³/mol. The number of hydrogen-bond donors (Lipinski definition) is 0. The van der Waals surface area contributed by atoms with Gasteiger partial charge in [-0.15, -0.1) is 0 Å². The maximum atomic E-state index is 10.1. The molecule has 1 heteroatoms. The summed E-state index contributed by atoms with van der Waals surface area (Å²) in [4.78, 5) is 10.1. The molecule has 0 spiro atoms.